The summed E-state index contributed by atoms with van der Waals surface area (Å²) in [5.41, 5.74) is 8.37. The van der Waals surface area contributed by atoms with E-state index in [-0.39, 0.29) is 43.5 Å². The molecule has 0 saturated heterocycles. The predicted octanol–water partition coefficient (Wildman–Crippen LogP) is 2.65. The van der Waals surface area contributed by atoms with Gasteiger partial charge in [-0.15, -0.1) is 0 Å². The van der Waals surface area contributed by atoms with Gasteiger partial charge in [-0.05, 0) is 55.4 Å². The van der Waals surface area contributed by atoms with E-state index in [1.54, 1.807) is 18.7 Å². The van der Waals surface area contributed by atoms with Crippen LogP contribution in [-0.2, 0) is 25.7 Å². The Labute approximate surface area is 251 Å². The molecule has 0 radical (unpaired) electrons. The Morgan fingerprint density at radius 1 is 0.907 bits per heavy atom. The first-order valence-corrected chi connectivity index (χ1v) is 14.4. The van der Waals surface area contributed by atoms with Gasteiger partial charge in [0, 0.05) is 30.5 Å². The highest BCUT2D eigenvalue weighted by Gasteiger charge is 2.28. The number of hydrogen-bond acceptors (Lipinski definition) is 5. The number of benzene rings is 2. The zero-order valence-electron chi connectivity index (χ0n) is 24.5. The number of hydrogen-bond donors (Lipinski definition) is 5. The summed E-state index contributed by atoms with van der Waals surface area (Å²) in [4.78, 5) is 63.1. The number of nitrogens with two attached hydrogens (primary N) is 1. The van der Waals surface area contributed by atoms with Crippen LogP contribution in [0.5, 0.6) is 0 Å². The number of carboxylic acid groups (broad SMARTS) is 1. The van der Waals surface area contributed by atoms with E-state index >= 15 is 0 Å². The number of carbonyl (C=O) groups is 5. The average molecular weight is 590 g/mol. The maximum atomic E-state index is 13.4. The third kappa shape index (κ3) is 9.88. The lowest BCUT2D eigenvalue weighted by Crippen LogP contribution is -2.53. The fourth-order valence-corrected chi connectivity index (χ4v) is 4.72. The second-order valence-corrected chi connectivity index (χ2v) is 10.7. The van der Waals surface area contributed by atoms with Gasteiger partial charge >= 0.3 is 12.0 Å². The van der Waals surface area contributed by atoms with Gasteiger partial charge in [0.15, 0.2) is 0 Å². The van der Waals surface area contributed by atoms with Crippen molar-refractivity contribution in [1.29, 1.82) is 0 Å². The molecule has 0 saturated carbocycles. The van der Waals surface area contributed by atoms with Crippen LogP contribution in [-0.4, -0.2) is 53.5 Å². The van der Waals surface area contributed by atoms with Gasteiger partial charge in [-0.1, -0.05) is 56.0 Å². The molecule has 0 fully saturated rings. The maximum Gasteiger partial charge on any atom is 0.326 e. The number of carboxylic acids is 1. The van der Waals surface area contributed by atoms with Crippen molar-refractivity contribution in [2.24, 2.45) is 11.7 Å². The molecule has 2 aromatic rings. The van der Waals surface area contributed by atoms with Crippen molar-refractivity contribution in [1.82, 2.24) is 16.0 Å². The van der Waals surface area contributed by atoms with Gasteiger partial charge in [0.05, 0.1) is 12.2 Å². The Morgan fingerprint density at radius 3 is 2.26 bits per heavy atom. The summed E-state index contributed by atoms with van der Waals surface area (Å²) >= 11 is 0. The molecule has 1 aliphatic heterocycles. The molecule has 11 heteroatoms. The SMILES string of the molecule is CC(C)[C@@H](NC(=O)CCCCC(=O)N1Cc2ccccc2C#Cc2ccccc21)C(=O)N[C@@H](CCCNC(N)=O)C(=O)O. The number of nitrogens with zero attached hydrogens (tertiary/aromatic N) is 1. The molecule has 2 atom stereocenters. The summed E-state index contributed by atoms with van der Waals surface area (Å²) < 4.78 is 0. The first-order valence-electron chi connectivity index (χ1n) is 14.4. The summed E-state index contributed by atoms with van der Waals surface area (Å²) in [5, 5.41) is 17.0. The summed E-state index contributed by atoms with van der Waals surface area (Å²) in [6, 6.07) is 12.4. The number of aliphatic carboxylic acids is 1. The summed E-state index contributed by atoms with van der Waals surface area (Å²) in [7, 11) is 0. The Kier molecular flexibility index (Phi) is 12.1. The highest BCUT2D eigenvalue weighted by atomic mass is 16.4. The van der Waals surface area contributed by atoms with Crippen molar-refractivity contribution >= 4 is 35.4 Å². The predicted molar refractivity (Wildman–Crippen MR) is 162 cm³/mol. The van der Waals surface area contributed by atoms with Crippen molar-refractivity contribution in [3.05, 3.63) is 65.2 Å². The number of unbranched alkanes of at least 4 members (excludes halogenated alkanes) is 1. The lowest BCUT2D eigenvalue weighted by molar-refractivity contribution is -0.142. The summed E-state index contributed by atoms with van der Waals surface area (Å²) in [5.74, 6) is 3.82. The quantitative estimate of drug-likeness (QED) is 0.167. The van der Waals surface area contributed by atoms with Gasteiger partial charge in [0.1, 0.15) is 12.1 Å². The van der Waals surface area contributed by atoms with Gasteiger partial charge in [-0.25, -0.2) is 9.59 Å². The van der Waals surface area contributed by atoms with Gasteiger partial charge in [-0.2, -0.15) is 0 Å². The minimum atomic E-state index is -1.22. The fraction of sp³-hybridized carbons (Fsp3) is 0.406. The number of carbonyl (C=O) groups excluding carboxylic acids is 4. The van der Waals surface area contributed by atoms with Crippen LogP contribution in [0, 0.1) is 17.8 Å². The minimum absolute atomic E-state index is 0.0727. The van der Waals surface area contributed by atoms with Crippen LogP contribution in [0.25, 0.3) is 0 Å². The van der Waals surface area contributed by atoms with E-state index in [9.17, 15) is 29.1 Å². The van der Waals surface area contributed by atoms with E-state index in [1.807, 2.05) is 48.5 Å². The van der Waals surface area contributed by atoms with E-state index in [1.165, 1.54) is 0 Å². The molecule has 5 amide bonds. The van der Waals surface area contributed by atoms with Gasteiger partial charge in [0.2, 0.25) is 17.7 Å². The highest BCUT2D eigenvalue weighted by Crippen LogP contribution is 2.26. The van der Waals surface area contributed by atoms with E-state index in [2.05, 4.69) is 27.8 Å². The van der Waals surface area contributed by atoms with Crippen LogP contribution in [0.15, 0.2) is 48.5 Å². The number of urea groups is 1. The van der Waals surface area contributed by atoms with Crippen LogP contribution in [0.3, 0.4) is 0 Å². The monoisotopic (exact) mass is 589 g/mol. The van der Waals surface area contributed by atoms with Crippen molar-refractivity contribution in [3.63, 3.8) is 0 Å². The minimum Gasteiger partial charge on any atom is -0.480 e. The number of para-hydroxylation sites is 1. The molecular formula is C32H39N5O6. The van der Waals surface area contributed by atoms with E-state index in [0.29, 0.717) is 25.8 Å². The fourth-order valence-electron chi connectivity index (χ4n) is 4.72. The first kappa shape index (κ1) is 32.7. The maximum absolute atomic E-state index is 13.4. The molecule has 0 bridgehead atoms. The van der Waals surface area contributed by atoms with Crippen molar-refractivity contribution in [3.8, 4) is 11.8 Å². The zero-order valence-corrected chi connectivity index (χ0v) is 24.5. The van der Waals surface area contributed by atoms with Crippen LogP contribution in [0.2, 0.25) is 0 Å². The number of anilines is 1. The highest BCUT2D eigenvalue weighted by molar-refractivity contribution is 5.95. The molecule has 228 valence electrons. The molecule has 1 aliphatic rings. The Morgan fingerprint density at radius 2 is 1.56 bits per heavy atom. The van der Waals surface area contributed by atoms with Crippen LogP contribution < -0.4 is 26.6 Å². The summed E-state index contributed by atoms with van der Waals surface area (Å²) in [6.07, 6.45) is 1.61. The topological polar surface area (TPSA) is 171 Å². The average Bonchev–Trinajstić information content (AvgIpc) is 2.96. The zero-order chi connectivity index (χ0) is 31.4. The number of rotatable bonds is 14. The second kappa shape index (κ2) is 16.0. The van der Waals surface area contributed by atoms with Crippen LogP contribution >= 0.6 is 0 Å². The molecule has 6 N–H and O–H groups in total. The lowest BCUT2D eigenvalue weighted by atomic mass is 10.0. The summed E-state index contributed by atoms with van der Waals surface area (Å²) in [6.45, 7) is 4.07. The molecular weight excluding hydrogens is 550 g/mol. The van der Waals surface area contributed by atoms with E-state index in [4.69, 9.17) is 5.73 Å². The third-order valence-corrected chi connectivity index (χ3v) is 7.07. The van der Waals surface area contributed by atoms with E-state index < -0.39 is 30.0 Å². The normalized spacial score (nSPS) is 13.1. The van der Waals surface area contributed by atoms with Crippen molar-refractivity contribution in [2.45, 2.75) is 71.0 Å². The number of amides is 5. The van der Waals surface area contributed by atoms with Crippen molar-refractivity contribution in [2.75, 3.05) is 11.4 Å². The van der Waals surface area contributed by atoms with Crippen LogP contribution in [0.1, 0.15) is 69.1 Å². The van der Waals surface area contributed by atoms with Gasteiger partial charge in [0.25, 0.3) is 0 Å². The van der Waals surface area contributed by atoms with E-state index in [0.717, 1.165) is 22.4 Å². The molecule has 0 unspecified atom stereocenters. The Balaban J connectivity index is 1.52. The third-order valence-electron chi connectivity index (χ3n) is 7.07. The van der Waals surface area contributed by atoms with Gasteiger partial charge < -0.3 is 31.7 Å². The smallest absolute Gasteiger partial charge is 0.326 e. The van der Waals surface area contributed by atoms with Gasteiger partial charge in [-0.3, -0.25) is 14.4 Å². The second-order valence-electron chi connectivity index (χ2n) is 10.7. The number of primary amides is 1. The number of nitrogens with one attached hydrogen (secondary N) is 3. The molecule has 0 aliphatic carbocycles. The molecule has 0 aromatic heterocycles. The largest absolute Gasteiger partial charge is 0.480 e. The van der Waals surface area contributed by atoms with Crippen molar-refractivity contribution < 1.29 is 29.1 Å². The molecule has 0 spiro atoms. The number of fused-ring (bicyclic) bond motifs is 2. The molecule has 43 heavy (non-hydrogen) atoms. The van der Waals surface area contributed by atoms with Crippen LogP contribution in [0.4, 0.5) is 10.5 Å². The molecule has 1 heterocycles. The lowest BCUT2D eigenvalue weighted by Gasteiger charge is -2.26. The molecule has 2 aromatic carbocycles. The molecule has 11 nitrogen and oxygen atoms in total. The Hall–Kier alpha value is -4.85. The first-order chi connectivity index (χ1) is 20.6. The Bertz CT molecular complexity index is 1400. The molecule has 3 rings (SSSR count). The standard InChI is InChI=1S/C32H39N5O6/c1-21(2)29(30(40)35-25(31(41)42)13-9-19-34-32(33)43)36-27(38)15-7-8-16-28(39)37-20-24-12-4-3-10-22(24)17-18-23-11-5-6-14-26(23)37/h3-6,10-12,14,21,25,29H,7-9,13,15-16,19-20H2,1-2H3,(H,35,40)(H,36,38)(H,41,42)(H3,33,34,43)/t25-,29+/m0/s1.